The Morgan fingerprint density at radius 3 is 2.21 bits per heavy atom. The number of esters is 2. The lowest BCUT2D eigenvalue weighted by atomic mass is 10.2. The molecule has 0 radical (unpaired) electrons. The van der Waals surface area contributed by atoms with Gasteiger partial charge in [-0.05, 0) is 36.2 Å². The molecule has 0 aliphatic rings. The van der Waals surface area contributed by atoms with E-state index in [1.54, 1.807) is 30.3 Å². The van der Waals surface area contributed by atoms with Crippen LogP contribution < -0.4 is 9.47 Å². The summed E-state index contributed by atoms with van der Waals surface area (Å²) in [4.78, 5) is 24.6. The SMILES string of the molecule is Cc1ccccc1OCC(=O)Oc1ccccc1C(=O)OCCc1ccccc1. The van der Waals surface area contributed by atoms with E-state index >= 15 is 0 Å². The van der Waals surface area contributed by atoms with E-state index in [9.17, 15) is 9.59 Å². The van der Waals surface area contributed by atoms with Crippen molar-refractivity contribution in [1.29, 1.82) is 0 Å². The van der Waals surface area contributed by atoms with Crippen LogP contribution in [0.2, 0.25) is 0 Å². The van der Waals surface area contributed by atoms with Gasteiger partial charge in [0.1, 0.15) is 17.1 Å². The van der Waals surface area contributed by atoms with Crippen molar-refractivity contribution in [3.05, 3.63) is 95.6 Å². The van der Waals surface area contributed by atoms with E-state index < -0.39 is 11.9 Å². The second-order valence-corrected chi connectivity index (χ2v) is 6.40. The molecule has 29 heavy (non-hydrogen) atoms. The Morgan fingerprint density at radius 2 is 1.45 bits per heavy atom. The first-order chi connectivity index (χ1) is 14.1. The number of carbonyl (C=O) groups is 2. The molecular formula is C24H22O5. The van der Waals surface area contributed by atoms with Gasteiger partial charge in [-0.15, -0.1) is 0 Å². The summed E-state index contributed by atoms with van der Waals surface area (Å²) in [5.41, 5.74) is 2.20. The third kappa shape index (κ3) is 5.94. The Morgan fingerprint density at radius 1 is 0.793 bits per heavy atom. The quantitative estimate of drug-likeness (QED) is 0.422. The summed E-state index contributed by atoms with van der Waals surface area (Å²) in [6.45, 7) is 1.87. The molecule has 0 heterocycles. The summed E-state index contributed by atoms with van der Waals surface area (Å²) in [6, 6.07) is 23.6. The van der Waals surface area contributed by atoms with Gasteiger partial charge in [0.15, 0.2) is 6.61 Å². The maximum Gasteiger partial charge on any atom is 0.349 e. The molecule has 0 fully saturated rings. The summed E-state index contributed by atoms with van der Waals surface area (Å²) in [5.74, 6) is -0.379. The molecule has 5 nitrogen and oxygen atoms in total. The number of carbonyl (C=O) groups excluding carboxylic acids is 2. The molecule has 5 heteroatoms. The van der Waals surface area contributed by atoms with Crippen molar-refractivity contribution in [3.8, 4) is 11.5 Å². The van der Waals surface area contributed by atoms with Crippen molar-refractivity contribution < 1.29 is 23.8 Å². The van der Waals surface area contributed by atoms with Gasteiger partial charge in [0.05, 0.1) is 6.61 Å². The molecule has 0 amide bonds. The van der Waals surface area contributed by atoms with Gasteiger partial charge < -0.3 is 14.2 Å². The predicted octanol–water partition coefficient (Wildman–Crippen LogP) is 4.38. The van der Waals surface area contributed by atoms with Crippen LogP contribution in [0.3, 0.4) is 0 Å². The molecule has 3 aromatic carbocycles. The maximum atomic E-state index is 12.4. The van der Waals surface area contributed by atoms with Crippen molar-refractivity contribution >= 4 is 11.9 Å². The van der Waals surface area contributed by atoms with Crippen LogP contribution in [0.25, 0.3) is 0 Å². The summed E-state index contributed by atoms with van der Waals surface area (Å²) in [5, 5.41) is 0. The van der Waals surface area contributed by atoms with E-state index in [0.717, 1.165) is 11.1 Å². The summed E-state index contributed by atoms with van der Waals surface area (Å²) < 4.78 is 16.2. The molecule has 3 rings (SSSR count). The third-order valence-electron chi connectivity index (χ3n) is 4.24. The molecule has 0 spiro atoms. The van der Waals surface area contributed by atoms with Gasteiger partial charge in [-0.25, -0.2) is 9.59 Å². The Balaban J connectivity index is 1.55. The lowest BCUT2D eigenvalue weighted by molar-refractivity contribution is -0.136. The predicted molar refractivity (Wildman–Crippen MR) is 109 cm³/mol. The minimum absolute atomic E-state index is 0.149. The van der Waals surface area contributed by atoms with E-state index in [4.69, 9.17) is 14.2 Å². The highest BCUT2D eigenvalue weighted by atomic mass is 16.6. The van der Waals surface area contributed by atoms with Gasteiger partial charge in [-0.3, -0.25) is 0 Å². The molecule has 0 N–H and O–H groups in total. The third-order valence-corrected chi connectivity index (χ3v) is 4.24. The first-order valence-electron chi connectivity index (χ1n) is 9.32. The smallest absolute Gasteiger partial charge is 0.349 e. The Kier molecular flexibility index (Phi) is 7.00. The fourth-order valence-electron chi connectivity index (χ4n) is 2.72. The average Bonchev–Trinajstić information content (AvgIpc) is 2.74. The van der Waals surface area contributed by atoms with E-state index in [-0.39, 0.29) is 24.5 Å². The van der Waals surface area contributed by atoms with Gasteiger partial charge in [-0.1, -0.05) is 60.7 Å². The number of benzene rings is 3. The van der Waals surface area contributed by atoms with Gasteiger partial charge >= 0.3 is 11.9 Å². The van der Waals surface area contributed by atoms with E-state index in [2.05, 4.69) is 0 Å². The molecule has 0 saturated heterocycles. The number of aryl methyl sites for hydroxylation is 1. The summed E-state index contributed by atoms with van der Waals surface area (Å²) in [6.07, 6.45) is 0.610. The van der Waals surface area contributed by atoms with Crippen molar-refractivity contribution in [2.24, 2.45) is 0 Å². The highest BCUT2D eigenvalue weighted by Crippen LogP contribution is 2.20. The summed E-state index contributed by atoms with van der Waals surface area (Å²) in [7, 11) is 0. The fraction of sp³-hybridized carbons (Fsp3) is 0.167. The number of hydrogen-bond donors (Lipinski definition) is 0. The zero-order chi connectivity index (χ0) is 20.5. The Hall–Kier alpha value is -3.60. The lowest BCUT2D eigenvalue weighted by Crippen LogP contribution is -2.19. The topological polar surface area (TPSA) is 61.8 Å². The molecule has 0 atom stereocenters. The van der Waals surface area contributed by atoms with Crippen molar-refractivity contribution in [2.45, 2.75) is 13.3 Å². The number of para-hydroxylation sites is 2. The van der Waals surface area contributed by atoms with Crippen LogP contribution in [0.4, 0.5) is 0 Å². The van der Waals surface area contributed by atoms with Crippen LogP contribution in [-0.4, -0.2) is 25.2 Å². The van der Waals surface area contributed by atoms with Crippen molar-refractivity contribution in [1.82, 2.24) is 0 Å². The van der Waals surface area contributed by atoms with Crippen LogP contribution in [0.1, 0.15) is 21.5 Å². The molecule has 148 valence electrons. The largest absolute Gasteiger partial charge is 0.482 e. The first kappa shape index (κ1) is 20.1. The van der Waals surface area contributed by atoms with Crippen LogP contribution in [0.15, 0.2) is 78.9 Å². The molecule has 0 bridgehead atoms. The van der Waals surface area contributed by atoms with Crippen LogP contribution in [0.5, 0.6) is 11.5 Å². The second kappa shape index (κ2) is 10.1. The fourth-order valence-corrected chi connectivity index (χ4v) is 2.72. The van der Waals surface area contributed by atoms with Crippen LogP contribution >= 0.6 is 0 Å². The molecule has 0 saturated carbocycles. The van der Waals surface area contributed by atoms with Gasteiger partial charge in [-0.2, -0.15) is 0 Å². The molecular weight excluding hydrogens is 368 g/mol. The number of hydrogen-bond acceptors (Lipinski definition) is 5. The minimum Gasteiger partial charge on any atom is -0.482 e. The highest BCUT2D eigenvalue weighted by Gasteiger charge is 2.17. The van der Waals surface area contributed by atoms with Crippen LogP contribution in [0, 0.1) is 6.92 Å². The zero-order valence-corrected chi connectivity index (χ0v) is 16.2. The molecule has 0 aliphatic heterocycles. The summed E-state index contributed by atoms with van der Waals surface area (Å²) >= 11 is 0. The second-order valence-electron chi connectivity index (χ2n) is 6.40. The molecule has 0 unspecified atom stereocenters. The molecule has 3 aromatic rings. The number of rotatable bonds is 8. The average molecular weight is 390 g/mol. The van der Waals surface area contributed by atoms with Gasteiger partial charge in [0.2, 0.25) is 0 Å². The number of ether oxygens (including phenoxy) is 3. The Bertz CT molecular complexity index is 966. The van der Waals surface area contributed by atoms with E-state index in [1.807, 2.05) is 55.5 Å². The first-order valence-corrected chi connectivity index (χ1v) is 9.32. The lowest BCUT2D eigenvalue weighted by Gasteiger charge is -2.11. The van der Waals surface area contributed by atoms with Crippen molar-refractivity contribution in [3.63, 3.8) is 0 Å². The van der Waals surface area contributed by atoms with Gasteiger partial charge in [0, 0.05) is 6.42 Å². The zero-order valence-electron chi connectivity index (χ0n) is 16.2. The monoisotopic (exact) mass is 390 g/mol. The van der Waals surface area contributed by atoms with Crippen LogP contribution in [-0.2, 0) is 16.0 Å². The van der Waals surface area contributed by atoms with Gasteiger partial charge in [0.25, 0.3) is 0 Å². The standard InChI is InChI=1S/C24H22O5/c1-18-9-5-7-13-21(18)28-17-23(25)29-22-14-8-6-12-20(22)24(26)27-16-15-19-10-3-2-4-11-19/h2-14H,15-17H2,1H3. The van der Waals surface area contributed by atoms with E-state index in [0.29, 0.717) is 12.2 Å². The normalized spacial score (nSPS) is 10.2. The van der Waals surface area contributed by atoms with Crippen molar-refractivity contribution in [2.75, 3.05) is 13.2 Å². The molecule has 0 aromatic heterocycles. The Labute approximate surface area is 169 Å². The molecule has 0 aliphatic carbocycles. The minimum atomic E-state index is -0.599. The highest BCUT2D eigenvalue weighted by molar-refractivity contribution is 5.93. The van der Waals surface area contributed by atoms with E-state index in [1.165, 1.54) is 0 Å². The maximum absolute atomic E-state index is 12.4.